The minimum atomic E-state index is -0.283. The van der Waals surface area contributed by atoms with E-state index in [2.05, 4.69) is 10.1 Å². The summed E-state index contributed by atoms with van der Waals surface area (Å²) in [6.45, 7) is 0.358. The molecule has 1 aliphatic heterocycles. The van der Waals surface area contributed by atoms with Crippen molar-refractivity contribution in [1.29, 1.82) is 0 Å². The summed E-state index contributed by atoms with van der Waals surface area (Å²) >= 11 is 6.14. The summed E-state index contributed by atoms with van der Waals surface area (Å²) in [4.78, 5) is 17.0. The van der Waals surface area contributed by atoms with E-state index >= 15 is 0 Å². The van der Waals surface area contributed by atoms with Gasteiger partial charge in [0, 0.05) is 31.7 Å². The molecule has 1 aromatic heterocycles. The second kappa shape index (κ2) is 7.93. The Morgan fingerprint density at radius 1 is 1.46 bits per heavy atom. The molecule has 26 heavy (non-hydrogen) atoms. The molecule has 3 rings (SSSR count). The summed E-state index contributed by atoms with van der Waals surface area (Å²) in [7, 11) is 1.78. The first kappa shape index (κ1) is 18.5. The van der Waals surface area contributed by atoms with E-state index in [0.29, 0.717) is 36.4 Å². The molecule has 0 radical (unpaired) electrons. The van der Waals surface area contributed by atoms with Crippen LogP contribution < -0.4 is 5.73 Å². The van der Waals surface area contributed by atoms with Crippen LogP contribution in [-0.4, -0.2) is 27.8 Å². The van der Waals surface area contributed by atoms with Crippen LogP contribution in [0.5, 0.6) is 0 Å². The van der Waals surface area contributed by atoms with Gasteiger partial charge in [-0.2, -0.15) is 5.10 Å². The van der Waals surface area contributed by atoms with Gasteiger partial charge in [-0.05, 0) is 36.6 Å². The average Bonchev–Trinajstić information content (AvgIpc) is 3.21. The SMILES string of the molecule is Cn1ncc(Cl)c1C1=NC=C(C(=O)C[C@H](CN)Cc2cccc(F)c2)C1. The van der Waals surface area contributed by atoms with Gasteiger partial charge >= 0.3 is 0 Å². The number of rotatable bonds is 7. The van der Waals surface area contributed by atoms with Crippen LogP contribution in [0.3, 0.4) is 0 Å². The second-order valence-electron chi connectivity index (χ2n) is 6.43. The highest BCUT2D eigenvalue weighted by molar-refractivity contribution is 6.34. The number of Topliss-reactive ketones (excluding diaryl/α,β-unsaturated/α-hetero) is 1. The summed E-state index contributed by atoms with van der Waals surface area (Å²) in [5.41, 5.74) is 8.75. The summed E-state index contributed by atoms with van der Waals surface area (Å²) in [6.07, 6.45) is 4.45. The van der Waals surface area contributed by atoms with Gasteiger partial charge in [-0.3, -0.25) is 14.5 Å². The minimum Gasteiger partial charge on any atom is -0.330 e. The molecule has 2 aromatic rings. The van der Waals surface area contributed by atoms with Crippen LogP contribution in [0, 0.1) is 11.7 Å². The third-order valence-corrected chi connectivity index (χ3v) is 4.76. The molecular formula is C19H20ClFN4O. The van der Waals surface area contributed by atoms with Crippen molar-refractivity contribution in [2.75, 3.05) is 6.54 Å². The number of carbonyl (C=O) groups excluding carboxylic acids is 1. The number of aromatic nitrogens is 2. The van der Waals surface area contributed by atoms with E-state index in [4.69, 9.17) is 17.3 Å². The molecule has 0 saturated heterocycles. The highest BCUT2D eigenvalue weighted by Gasteiger charge is 2.24. The van der Waals surface area contributed by atoms with Gasteiger partial charge in [0.2, 0.25) is 0 Å². The van der Waals surface area contributed by atoms with Gasteiger partial charge < -0.3 is 5.73 Å². The van der Waals surface area contributed by atoms with Crippen molar-refractivity contribution in [2.24, 2.45) is 23.7 Å². The maximum Gasteiger partial charge on any atom is 0.161 e. The molecule has 0 bridgehead atoms. The van der Waals surface area contributed by atoms with Gasteiger partial charge in [-0.1, -0.05) is 23.7 Å². The van der Waals surface area contributed by atoms with Crippen molar-refractivity contribution in [1.82, 2.24) is 9.78 Å². The van der Waals surface area contributed by atoms with E-state index in [0.717, 1.165) is 17.0 Å². The predicted octanol–water partition coefficient (Wildman–Crippen LogP) is 3.07. The summed E-state index contributed by atoms with van der Waals surface area (Å²) < 4.78 is 15.0. The number of hydrogen-bond donors (Lipinski definition) is 1. The zero-order valence-corrected chi connectivity index (χ0v) is 15.2. The van der Waals surface area contributed by atoms with Gasteiger partial charge in [-0.25, -0.2) is 4.39 Å². The van der Waals surface area contributed by atoms with E-state index in [1.807, 2.05) is 6.07 Å². The molecule has 1 atom stereocenters. The number of aliphatic imine (C=N–C) groups is 1. The largest absolute Gasteiger partial charge is 0.330 e. The Bertz CT molecular complexity index is 868. The maximum absolute atomic E-state index is 13.3. The molecule has 0 spiro atoms. The smallest absolute Gasteiger partial charge is 0.161 e. The van der Waals surface area contributed by atoms with Crippen molar-refractivity contribution in [3.05, 3.63) is 64.3 Å². The lowest BCUT2D eigenvalue weighted by molar-refractivity contribution is -0.116. The van der Waals surface area contributed by atoms with Gasteiger partial charge in [0.05, 0.1) is 16.9 Å². The molecule has 0 fully saturated rings. The van der Waals surface area contributed by atoms with Crippen LogP contribution >= 0.6 is 11.6 Å². The number of aryl methyl sites for hydroxylation is 1. The number of benzene rings is 1. The fourth-order valence-corrected chi connectivity index (χ4v) is 3.38. The first-order valence-electron chi connectivity index (χ1n) is 8.39. The summed E-state index contributed by atoms with van der Waals surface area (Å²) in [5.74, 6) is -0.322. The van der Waals surface area contributed by atoms with Crippen LogP contribution in [0.15, 0.2) is 47.2 Å². The maximum atomic E-state index is 13.3. The standard InChI is InChI=1S/C19H20ClFN4O/c1-25-19(16(20)11-24-25)17-8-14(10-23-17)18(26)7-13(9-22)5-12-3-2-4-15(21)6-12/h2-4,6,10-11,13H,5,7-9,22H2,1H3/t13-/m1/s1. The molecular weight excluding hydrogens is 355 g/mol. The topological polar surface area (TPSA) is 73.3 Å². The lowest BCUT2D eigenvalue weighted by Gasteiger charge is -2.14. The first-order chi connectivity index (χ1) is 12.5. The van der Waals surface area contributed by atoms with Gasteiger partial charge in [0.15, 0.2) is 5.78 Å². The zero-order valence-electron chi connectivity index (χ0n) is 14.5. The molecule has 2 N–H and O–H groups in total. The number of carbonyl (C=O) groups is 1. The van der Waals surface area contributed by atoms with Gasteiger partial charge in [0.25, 0.3) is 0 Å². The Morgan fingerprint density at radius 3 is 2.92 bits per heavy atom. The molecule has 0 unspecified atom stereocenters. The molecule has 0 saturated carbocycles. The molecule has 136 valence electrons. The molecule has 5 nitrogen and oxygen atoms in total. The van der Waals surface area contributed by atoms with E-state index in [-0.39, 0.29) is 17.5 Å². The fourth-order valence-electron chi connectivity index (χ4n) is 3.11. The third kappa shape index (κ3) is 4.08. The predicted molar refractivity (Wildman–Crippen MR) is 99.7 cm³/mol. The Hall–Kier alpha value is -2.31. The van der Waals surface area contributed by atoms with Gasteiger partial charge in [-0.15, -0.1) is 0 Å². The molecule has 2 heterocycles. The Balaban J connectivity index is 1.61. The van der Waals surface area contributed by atoms with Crippen LogP contribution in [0.4, 0.5) is 4.39 Å². The number of nitrogens with zero attached hydrogens (tertiary/aromatic N) is 3. The normalized spacial score (nSPS) is 14.9. The Kier molecular flexibility index (Phi) is 5.64. The zero-order chi connectivity index (χ0) is 18.7. The third-order valence-electron chi connectivity index (χ3n) is 4.48. The van der Waals surface area contributed by atoms with Crippen molar-refractivity contribution in [3.63, 3.8) is 0 Å². The Morgan fingerprint density at radius 2 is 2.27 bits per heavy atom. The molecule has 7 heteroatoms. The van der Waals surface area contributed by atoms with Crippen molar-refractivity contribution >= 4 is 23.1 Å². The molecule has 1 aliphatic rings. The summed E-state index contributed by atoms with van der Waals surface area (Å²) in [6, 6.07) is 6.39. The van der Waals surface area contributed by atoms with Crippen LogP contribution in [0.2, 0.25) is 5.02 Å². The van der Waals surface area contributed by atoms with Crippen molar-refractivity contribution < 1.29 is 9.18 Å². The average molecular weight is 375 g/mol. The lowest BCUT2D eigenvalue weighted by Crippen LogP contribution is -2.21. The highest BCUT2D eigenvalue weighted by Crippen LogP contribution is 2.25. The number of nitrogens with two attached hydrogens (primary N) is 1. The van der Waals surface area contributed by atoms with Crippen molar-refractivity contribution in [2.45, 2.75) is 19.3 Å². The minimum absolute atomic E-state index is 0.00824. The number of hydrogen-bond acceptors (Lipinski definition) is 4. The van der Waals surface area contributed by atoms with Crippen LogP contribution in [0.25, 0.3) is 0 Å². The monoisotopic (exact) mass is 374 g/mol. The van der Waals surface area contributed by atoms with E-state index in [1.54, 1.807) is 30.2 Å². The van der Waals surface area contributed by atoms with E-state index < -0.39 is 0 Å². The number of ketones is 1. The van der Waals surface area contributed by atoms with E-state index in [1.165, 1.54) is 12.1 Å². The number of allylic oxidation sites excluding steroid dienone is 1. The number of halogens is 2. The van der Waals surface area contributed by atoms with Gasteiger partial charge in [0.1, 0.15) is 11.5 Å². The quantitative estimate of drug-likeness (QED) is 0.809. The fraction of sp³-hybridized carbons (Fsp3) is 0.316. The van der Waals surface area contributed by atoms with Crippen LogP contribution in [-0.2, 0) is 18.3 Å². The van der Waals surface area contributed by atoms with E-state index in [9.17, 15) is 9.18 Å². The van der Waals surface area contributed by atoms with Crippen molar-refractivity contribution in [3.8, 4) is 0 Å². The molecule has 1 aromatic carbocycles. The highest BCUT2D eigenvalue weighted by atomic mass is 35.5. The molecule has 0 amide bonds. The van der Waals surface area contributed by atoms with Crippen LogP contribution in [0.1, 0.15) is 24.1 Å². The lowest BCUT2D eigenvalue weighted by atomic mass is 9.91. The second-order valence-corrected chi connectivity index (χ2v) is 6.84. The Labute approximate surface area is 156 Å². The molecule has 0 aliphatic carbocycles. The first-order valence-corrected chi connectivity index (χ1v) is 8.77. The summed E-state index contributed by atoms with van der Waals surface area (Å²) in [5, 5.41) is 4.61.